The third-order valence-electron chi connectivity index (χ3n) is 4.75. The predicted molar refractivity (Wildman–Crippen MR) is 95.9 cm³/mol. The molecule has 0 aliphatic carbocycles. The van der Waals surface area contributed by atoms with E-state index in [0.717, 1.165) is 24.0 Å². The molecule has 1 saturated heterocycles. The topological polar surface area (TPSA) is 66.2 Å². The number of aliphatic hydroxyl groups is 1. The molecule has 1 amide bonds. The molecule has 136 valence electrons. The van der Waals surface area contributed by atoms with Gasteiger partial charge in [-0.15, -0.1) is 0 Å². The van der Waals surface area contributed by atoms with E-state index in [9.17, 15) is 9.90 Å². The number of carbonyl (C=O) groups is 1. The second-order valence-electron chi connectivity index (χ2n) is 6.84. The molecule has 6 nitrogen and oxygen atoms in total. The van der Waals surface area contributed by atoms with Crippen LogP contribution in [0.1, 0.15) is 21.7 Å². The Kier molecular flexibility index (Phi) is 5.42. The summed E-state index contributed by atoms with van der Waals surface area (Å²) in [5, 5.41) is 11.2. The van der Waals surface area contributed by atoms with E-state index in [1.807, 2.05) is 26.0 Å². The summed E-state index contributed by atoms with van der Waals surface area (Å²) in [7, 11) is 1.69. The Labute approximate surface area is 148 Å². The van der Waals surface area contributed by atoms with Crippen LogP contribution in [0.15, 0.2) is 22.6 Å². The van der Waals surface area contributed by atoms with Crippen LogP contribution < -0.4 is 0 Å². The number of hydrogen-bond acceptors (Lipinski definition) is 5. The van der Waals surface area contributed by atoms with Crippen LogP contribution in [0, 0.1) is 13.8 Å². The fourth-order valence-corrected chi connectivity index (χ4v) is 3.13. The van der Waals surface area contributed by atoms with Crippen molar-refractivity contribution in [3.8, 4) is 0 Å². The summed E-state index contributed by atoms with van der Waals surface area (Å²) < 4.78 is 11.0. The summed E-state index contributed by atoms with van der Waals surface area (Å²) in [4.78, 5) is 16.3. The van der Waals surface area contributed by atoms with Gasteiger partial charge in [-0.05, 0) is 43.2 Å². The molecule has 0 radical (unpaired) electrons. The molecule has 0 saturated carbocycles. The molecule has 1 N–H and O–H groups in total. The monoisotopic (exact) mass is 346 g/mol. The fraction of sp³-hybridized carbons (Fsp3) is 0.526. The van der Waals surface area contributed by atoms with Gasteiger partial charge in [0.2, 0.25) is 0 Å². The minimum absolute atomic E-state index is 0.215. The molecule has 2 heterocycles. The molecule has 1 aliphatic heterocycles. The van der Waals surface area contributed by atoms with Crippen LogP contribution in [0.3, 0.4) is 0 Å². The van der Waals surface area contributed by atoms with Crippen LogP contribution >= 0.6 is 0 Å². The van der Waals surface area contributed by atoms with Gasteiger partial charge in [0.05, 0.1) is 19.3 Å². The van der Waals surface area contributed by atoms with E-state index in [4.69, 9.17) is 9.15 Å². The number of nitrogens with zero attached hydrogens (tertiary/aromatic N) is 2. The molecule has 1 atom stereocenters. The number of hydrogen-bond donors (Lipinski definition) is 1. The lowest BCUT2D eigenvalue weighted by molar-refractivity contribution is 0.00855. The summed E-state index contributed by atoms with van der Waals surface area (Å²) in [5.41, 5.74) is 3.02. The number of ether oxygens (including phenoxy) is 1. The Balaban J connectivity index is 1.63. The highest BCUT2D eigenvalue weighted by Gasteiger charge is 2.21. The van der Waals surface area contributed by atoms with E-state index in [-0.39, 0.29) is 12.5 Å². The van der Waals surface area contributed by atoms with Gasteiger partial charge in [-0.3, -0.25) is 9.69 Å². The van der Waals surface area contributed by atoms with Gasteiger partial charge in [0.15, 0.2) is 5.76 Å². The van der Waals surface area contributed by atoms with E-state index in [1.54, 1.807) is 13.1 Å². The normalized spacial score (nSPS) is 17.0. The van der Waals surface area contributed by atoms with Crippen molar-refractivity contribution in [1.29, 1.82) is 0 Å². The lowest BCUT2D eigenvalue weighted by Gasteiger charge is -2.29. The summed E-state index contributed by atoms with van der Waals surface area (Å²) >= 11 is 0. The maximum Gasteiger partial charge on any atom is 0.289 e. The number of likely N-dealkylation sites (N-methyl/N-ethyl adjacent to an activating group) is 1. The van der Waals surface area contributed by atoms with Crippen molar-refractivity contribution in [1.82, 2.24) is 9.80 Å². The van der Waals surface area contributed by atoms with Crippen molar-refractivity contribution in [3.63, 3.8) is 0 Å². The highest BCUT2D eigenvalue weighted by molar-refractivity contribution is 5.96. The number of rotatable bonds is 5. The quantitative estimate of drug-likeness (QED) is 0.894. The Morgan fingerprint density at radius 2 is 1.92 bits per heavy atom. The Bertz CT molecular complexity index is 710. The van der Waals surface area contributed by atoms with E-state index < -0.39 is 6.10 Å². The van der Waals surface area contributed by atoms with E-state index in [1.165, 1.54) is 10.5 Å². The number of fused-ring (bicyclic) bond motifs is 1. The predicted octanol–water partition coefficient (Wildman–Crippen LogP) is 1.81. The standard InChI is InChI=1S/C19H26N2O4/c1-13-8-15-10-18(25-17(15)9-14(13)2)19(23)20(3)11-16(22)12-21-4-6-24-7-5-21/h8-10,16,22H,4-7,11-12H2,1-3H3. The zero-order chi connectivity index (χ0) is 18.0. The summed E-state index contributed by atoms with van der Waals surface area (Å²) in [6.07, 6.45) is -0.596. The van der Waals surface area contributed by atoms with Crippen molar-refractivity contribution in [2.45, 2.75) is 20.0 Å². The molecule has 25 heavy (non-hydrogen) atoms. The van der Waals surface area contributed by atoms with Crippen LogP contribution in [-0.2, 0) is 4.74 Å². The zero-order valence-electron chi connectivity index (χ0n) is 15.1. The number of furan rings is 1. The van der Waals surface area contributed by atoms with Crippen molar-refractivity contribution < 1.29 is 19.1 Å². The smallest absolute Gasteiger partial charge is 0.289 e. The fourth-order valence-electron chi connectivity index (χ4n) is 3.13. The summed E-state index contributed by atoms with van der Waals surface area (Å²) in [6, 6.07) is 5.75. The molecule has 0 bridgehead atoms. The van der Waals surface area contributed by atoms with Crippen LogP contribution in [0.4, 0.5) is 0 Å². The van der Waals surface area contributed by atoms with Crippen LogP contribution in [0.5, 0.6) is 0 Å². The van der Waals surface area contributed by atoms with Gasteiger partial charge in [0.1, 0.15) is 5.58 Å². The molecule has 0 spiro atoms. The molecular formula is C19H26N2O4. The van der Waals surface area contributed by atoms with Gasteiger partial charge in [0.25, 0.3) is 5.91 Å². The molecule has 1 aliphatic rings. The first-order valence-electron chi connectivity index (χ1n) is 8.68. The molecule has 1 aromatic heterocycles. The SMILES string of the molecule is Cc1cc2cc(C(=O)N(C)CC(O)CN3CCOCC3)oc2cc1C. The van der Waals surface area contributed by atoms with Crippen LogP contribution in [0.2, 0.25) is 0 Å². The third kappa shape index (κ3) is 4.21. The van der Waals surface area contributed by atoms with E-state index in [0.29, 0.717) is 31.1 Å². The highest BCUT2D eigenvalue weighted by Crippen LogP contribution is 2.24. The molecule has 1 unspecified atom stereocenters. The molecule has 2 aromatic rings. The number of β-amino-alcohol motifs (C(OH)–C–C–N with tert-alkyl or cyclic N) is 1. The number of aryl methyl sites for hydroxylation is 2. The second kappa shape index (κ2) is 7.56. The maximum atomic E-state index is 12.6. The molecule has 6 heteroatoms. The van der Waals surface area contributed by atoms with Crippen molar-refractivity contribution in [3.05, 3.63) is 35.1 Å². The molecule has 3 rings (SSSR count). The molecule has 1 fully saturated rings. The van der Waals surface area contributed by atoms with E-state index >= 15 is 0 Å². The average Bonchev–Trinajstić information content (AvgIpc) is 2.98. The first kappa shape index (κ1) is 17.9. The number of amides is 1. The number of morpholine rings is 1. The minimum atomic E-state index is -0.596. The molecule has 1 aromatic carbocycles. The van der Waals surface area contributed by atoms with Gasteiger partial charge >= 0.3 is 0 Å². The first-order chi connectivity index (χ1) is 11.9. The van der Waals surface area contributed by atoms with Crippen LogP contribution in [-0.4, -0.2) is 73.4 Å². The van der Waals surface area contributed by atoms with Gasteiger partial charge < -0.3 is 19.2 Å². The number of benzene rings is 1. The Hall–Kier alpha value is -1.89. The van der Waals surface area contributed by atoms with Crippen LogP contribution in [0.25, 0.3) is 11.0 Å². The van der Waals surface area contributed by atoms with Gasteiger partial charge in [0, 0.05) is 38.6 Å². The second-order valence-corrected chi connectivity index (χ2v) is 6.84. The largest absolute Gasteiger partial charge is 0.451 e. The van der Waals surface area contributed by atoms with E-state index in [2.05, 4.69) is 4.90 Å². The summed E-state index contributed by atoms with van der Waals surface area (Å²) in [5.74, 6) is 0.0913. The van der Waals surface area contributed by atoms with Crippen molar-refractivity contribution >= 4 is 16.9 Å². The molecular weight excluding hydrogens is 320 g/mol. The van der Waals surface area contributed by atoms with Gasteiger partial charge in [-0.25, -0.2) is 0 Å². The average molecular weight is 346 g/mol. The van der Waals surface area contributed by atoms with Crippen molar-refractivity contribution in [2.24, 2.45) is 0 Å². The van der Waals surface area contributed by atoms with Crippen molar-refractivity contribution in [2.75, 3.05) is 46.4 Å². The van der Waals surface area contributed by atoms with Gasteiger partial charge in [-0.2, -0.15) is 0 Å². The minimum Gasteiger partial charge on any atom is -0.451 e. The number of carbonyl (C=O) groups excluding carboxylic acids is 1. The summed E-state index contributed by atoms with van der Waals surface area (Å²) in [6.45, 7) is 7.89. The third-order valence-corrected chi connectivity index (χ3v) is 4.75. The van der Waals surface area contributed by atoms with Gasteiger partial charge in [-0.1, -0.05) is 0 Å². The Morgan fingerprint density at radius 3 is 2.64 bits per heavy atom. The lowest BCUT2D eigenvalue weighted by Crippen LogP contribution is -2.45. The maximum absolute atomic E-state index is 12.6. The number of aliphatic hydroxyl groups excluding tert-OH is 1. The zero-order valence-corrected chi connectivity index (χ0v) is 15.1. The highest BCUT2D eigenvalue weighted by atomic mass is 16.5. The Morgan fingerprint density at radius 1 is 1.24 bits per heavy atom. The first-order valence-corrected chi connectivity index (χ1v) is 8.68. The lowest BCUT2D eigenvalue weighted by atomic mass is 10.1.